The smallest absolute Gasteiger partial charge is 0.340 e. The molecule has 4 heteroatoms. The van der Waals surface area contributed by atoms with Crippen LogP contribution in [0.4, 0.5) is 11.5 Å². The molecular weight excluding hydrogens is 288 g/mol. The number of fused-ring (bicyclic) bond motifs is 1. The lowest BCUT2D eigenvalue weighted by Gasteiger charge is -2.11. The molecule has 23 heavy (non-hydrogen) atoms. The highest BCUT2D eigenvalue weighted by atomic mass is 16.5. The topological polar surface area (TPSA) is 51.2 Å². The van der Waals surface area contributed by atoms with Crippen molar-refractivity contribution in [2.45, 2.75) is 13.3 Å². The highest BCUT2D eigenvalue weighted by Crippen LogP contribution is 2.27. The van der Waals surface area contributed by atoms with Crippen molar-refractivity contribution in [3.05, 3.63) is 65.9 Å². The number of hydrogen-bond donors (Lipinski definition) is 1. The highest BCUT2D eigenvalue weighted by Gasteiger charge is 2.13. The zero-order chi connectivity index (χ0) is 16.2. The van der Waals surface area contributed by atoms with E-state index in [1.165, 1.54) is 12.7 Å². The molecule has 0 aliphatic rings. The molecule has 3 rings (SSSR count). The number of anilines is 2. The number of aryl methyl sites for hydroxylation is 1. The van der Waals surface area contributed by atoms with Gasteiger partial charge in [-0.1, -0.05) is 43.3 Å². The van der Waals surface area contributed by atoms with Crippen LogP contribution in [0.15, 0.2) is 54.7 Å². The van der Waals surface area contributed by atoms with E-state index in [1.54, 1.807) is 6.20 Å². The largest absolute Gasteiger partial charge is 0.465 e. The van der Waals surface area contributed by atoms with Crippen LogP contribution in [0.3, 0.4) is 0 Å². The molecule has 0 fully saturated rings. The minimum Gasteiger partial charge on any atom is -0.465 e. The molecular formula is C19H18N2O2. The van der Waals surface area contributed by atoms with Crippen molar-refractivity contribution in [1.29, 1.82) is 0 Å². The summed E-state index contributed by atoms with van der Waals surface area (Å²) in [4.78, 5) is 16.3. The van der Waals surface area contributed by atoms with Crippen molar-refractivity contribution >= 4 is 28.2 Å². The van der Waals surface area contributed by atoms with E-state index in [0.717, 1.165) is 28.7 Å². The molecule has 0 saturated carbocycles. The second-order valence-electron chi connectivity index (χ2n) is 5.23. The minimum absolute atomic E-state index is 0.382. The average Bonchev–Trinajstić information content (AvgIpc) is 2.62. The Morgan fingerprint density at radius 3 is 2.43 bits per heavy atom. The zero-order valence-electron chi connectivity index (χ0n) is 13.2. The number of carbonyl (C=O) groups excluding carboxylic acids is 1. The van der Waals surface area contributed by atoms with Crippen molar-refractivity contribution in [2.75, 3.05) is 12.4 Å². The Kier molecular flexibility index (Phi) is 4.24. The van der Waals surface area contributed by atoms with Gasteiger partial charge in [0.25, 0.3) is 0 Å². The van der Waals surface area contributed by atoms with E-state index in [1.807, 2.05) is 36.4 Å². The van der Waals surface area contributed by atoms with E-state index in [4.69, 9.17) is 4.74 Å². The normalized spacial score (nSPS) is 10.5. The van der Waals surface area contributed by atoms with Crippen molar-refractivity contribution in [1.82, 2.24) is 4.98 Å². The fraction of sp³-hybridized carbons (Fsp3) is 0.158. The molecule has 0 aliphatic carbocycles. The molecule has 0 saturated heterocycles. The molecule has 0 radical (unpaired) electrons. The Morgan fingerprint density at radius 2 is 1.78 bits per heavy atom. The first-order valence-electron chi connectivity index (χ1n) is 7.55. The molecule has 1 aromatic heterocycles. The number of carbonyl (C=O) groups is 1. The average molecular weight is 306 g/mol. The molecule has 2 aromatic carbocycles. The first-order valence-corrected chi connectivity index (χ1v) is 7.55. The quantitative estimate of drug-likeness (QED) is 0.729. The second-order valence-corrected chi connectivity index (χ2v) is 5.23. The molecule has 4 nitrogen and oxygen atoms in total. The van der Waals surface area contributed by atoms with E-state index in [9.17, 15) is 4.79 Å². The summed E-state index contributed by atoms with van der Waals surface area (Å²) in [5.41, 5.74) is 2.72. The van der Waals surface area contributed by atoms with Crippen LogP contribution in [0, 0.1) is 0 Å². The first kappa shape index (κ1) is 15.0. The number of hydrogen-bond acceptors (Lipinski definition) is 4. The summed E-state index contributed by atoms with van der Waals surface area (Å²) in [5, 5.41) is 5.02. The van der Waals surface area contributed by atoms with Crippen molar-refractivity contribution in [3.8, 4) is 0 Å². The van der Waals surface area contributed by atoms with E-state index in [0.29, 0.717) is 5.56 Å². The minimum atomic E-state index is -0.382. The fourth-order valence-electron chi connectivity index (χ4n) is 2.53. The number of benzene rings is 2. The van der Waals surface area contributed by atoms with E-state index in [-0.39, 0.29) is 5.97 Å². The number of rotatable bonds is 4. The third kappa shape index (κ3) is 3.01. The van der Waals surface area contributed by atoms with Crippen LogP contribution < -0.4 is 5.32 Å². The maximum Gasteiger partial charge on any atom is 0.340 e. The lowest BCUT2D eigenvalue weighted by Crippen LogP contribution is -2.04. The molecule has 0 aliphatic heterocycles. The Hall–Kier alpha value is -2.88. The van der Waals surface area contributed by atoms with Gasteiger partial charge in [-0.25, -0.2) is 9.78 Å². The molecule has 1 heterocycles. The van der Waals surface area contributed by atoms with Crippen LogP contribution in [-0.2, 0) is 11.2 Å². The van der Waals surface area contributed by atoms with Crippen LogP contribution in [0.2, 0.25) is 0 Å². The monoisotopic (exact) mass is 306 g/mol. The highest BCUT2D eigenvalue weighted by molar-refractivity contribution is 6.07. The van der Waals surface area contributed by atoms with Crippen LogP contribution >= 0.6 is 0 Å². The van der Waals surface area contributed by atoms with Gasteiger partial charge in [0.15, 0.2) is 0 Å². The summed E-state index contributed by atoms with van der Waals surface area (Å²) < 4.78 is 4.83. The number of nitrogens with one attached hydrogen (secondary N) is 1. The number of ether oxygens (including phenoxy) is 1. The third-order valence-electron chi connectivity index (χ3n) is 3.83. The van der Waals surface area contributed by atoms with Gasteiger partial charge in [-0.3, -0.25) is 0 Å². The molecule has 0 unspecified atom stereocenters. The molecule has 0 amide bonds. The van der Waals surface area contributed by atoms with Gasteiger partial charge in [0, 0.05) is 22.7 Å². The Labute approximate surface area is 135 Å². The Morgan fingerprint density at radius 1 is 1.09 bits per heavy atom. The molecule has 3 aromatic rings. The van der Waals surface area contributed by atoms with Crippen molar-refractivity contribution in [3.63, 3.8) is 0 Å². The maximum absolute atomic E-state index is 11.9. The Bertz CT molecular complexity index is 842. The SMILES string of the molecule is CCc1ccc(Nc2ncc(C(=O)OC)c3ccccc23)cc1. The van der Waals surface area contributed by atoms with Crippen LogP contribution in [0.5, 0.6) is 0 Å². The molecule has 0 atom stereocenters. The fourth-order valence-corrected chi connectivity index (χ4v) is 2.53. The number of nitrogens with zero attached hydrogens (tertiary/aromatic N) is 1. The summed E-state index contributed by atoms with van der Waals surface area (Å²) in [5.74, 6) is 0.338. The van der Waals surface area contributed by atoms with Gasteiger partial charge < -0.3 is 10.1 Å². The summed E-state index contributed by atoms with van der Waals surface area (Å²) in [6, 6.07) is 15.9. The molecule has 116 valence electrons. The van der Waals surface area contributed by atoms with Gasteiger partial charge in [-0.15, -0.1) is 0 Å². The lowest BCUT2D eigenvalue weighted by atomic mass is 10.1. The van der Waals surface area contributed by atoms with Gasteiger partial charge in [0.1, 0.15) is 5.82 Å². The predicted octanol–water partition coefficient (Wildman–Crippen LogP) is 4.33. The molecule has 1 N–H and O–H groups in total. The van der Waals surface area contributed by atoms with E-state index < -0.39 is 0 Å². The van der Waals surface area contributed by atoms with Gasteiger partial charge in [0.2, 0.25) is 0 Å². The third-order valence-corrected chi connectivity index (χ3v) is 3.83. The summed E-state index contributed by atoms with van der Waals surface area (Å²) in [7, 11) is 1.37. The van der Waals surface area contributed by atoms with E-state index >= 15 is 0 Å². The van der Waals surface area contributed by atoms with Gasteiger partial charge in [0.05, 0.1) is 12.7 Å². The summed E-state index contributed by atoms with van der Waals surface area (Å²) >= 11 is 0. The molecule has 0 spiro atoms. The second kappa shape index (κ2) is 6.48. The van der Waals surface area contributed by atoms with Gasteiger partial charge in [-0.05, 0) is 24.1 Å². The summed E-state index contributed by atoms with van der Waals surface area (Å²) in [6.07, 6.45) is 2.56. The van der Waals surface area contributed by atoms with Gasteiger partial charge in [-0.2, -0.15) is 0 Å². The Balaban J connectivity index is 2.02. The number of methoxy groups -OCH3 is 1. The van der Waals surface area contributed by atoms with Crippen LogP contribution in [0.1, 0.15) is 22.8 Å². The maximum atomic E-state index is 11.9. The van der Waals surface area contributed by atoms with Gasteiger partial charge >= 0.3 is 5.97 Å². The number of pyridine rings is 1. The molecule has 0 bridgehead atoms. The van der Waals surface area contributed by atoms with E-state index in [2.05, 4.69) is 29.4 Å². The first-order chi connectivity index (χ1) is 11.2. The number of esters is 1. The standard InChI is InChI=1S/C19H18N2O2/c1-3-13-8-10-14(11-9-13)21-18-16-7-5-4-6-15(16)17(12-20-18)19(22)23-2/h4-12H,3H2,1-2H3,(H,20,21). The predicted molar refractivity (Wildman–Crippen MR) is 92.2 cm³/mol. The van der Waals surface area contributed by atoms with Crippen LogP contribution in [-0.4, -0.2) is 18.1 Å². The van der Waals surface area contributed by atoms with Crippen LogP contribution in [0.25, 0.3) is 10.8 Å². The van der Waals surface area contributed by atoms with Crippen molar-refractivity contribution < 1.29 is 9.53 Å². The lowest BCUT2D eigenvalue weighted by molar-refractivity contribution is 0.0602. The number of aromatic nitrogens is 1. The zero-order valence-corrected chi connectivity index (χ0v) is 13.2. The van der Waals surface area contributed by atoms with Crippen molar-refractivity contribution in [2.24, 2.45) is 0 Å². The summed E-state index contributed by atoms with van der Waals surface area (Å²) in [6.45, 7) is 2.13.